The highest BCUT2D eigenvalue weighted by atomic mass is 16.7. The van der Waals surface area contributed by atoms with E-state index in [0.717, 1.165) is 4.57 Å². The van der Waals surface area contributed by atoms with Crippen LogP contribution in [0.3, 0.4) is 0 Å². The normalized spacial score (nSPS) is 20.1. The van der Waals surface area contributed by atoms with Crippen LogP contribution in [0.5, 0.6) is 0 Å². The average molecular weight is 292 g/mol. The predicted molar refractivity (Wildman–Crippen MR) is 73.1 cm³/mol. The second kappa shape index (κ2) is 4.72. The van der Waals surface area contributed by atoms with E-state index in [1.165, 1.54) is 11.6 Å². The van der Waals surface area contributed by atoms with E-state index in [9.17, 15) is 14.9 Å². The fraction of sp³-hybridized carbons (Fsp3) is 0.615. The molecule has 0 unspecified atom stereocenters. The zero-order valence-corrected chi connectivity index (χ0v) is 12.0. The first-order chi connectivity index (χ1) is 9.99. The van der Waals surface area contributed by atoms with Gasteiger partial charge in [-0.25, -0.2) is 4.79 Å². The molecule has 0 saturated carbocycles. The monoisotopic (exact) mass is 292 g/mol. The maximum absolute atomic E-state index is 12.1. The lowest BCUT2D eigenvalue weighted by atomic mass is 10.2. The molecule has 2 aliphatic rings. The van der Waals surface area contributed by atoms with Gasteiger partial charge in [-0.15, -0.1) is 0 Å². The van der Waals surface area contributed by atoms with Gasteiger partial charge in [0.05, 0.1) is 19.8 Å². The van der Waals surface area contributed by atoms with Crippen molar-refractivity contribution in [1.82, 2.24) is 9.13 Å². The lowest BCUT2D eigenvalue weighted by molar-refractivity contribution is -0.137. The van der Waals surface area contributed by atoms with Gasteiger partial charge in [0, 0.05) is 27.1 Å². The molecule has 8 nitrogen and oxygen atoms in total. The molecule has 3 rings (SSSR count). The third-order valence-electron chi connectivity index (χ3n) is 4.05. The van der Waals surface area contributed by atoms with Crippen molar-refractivity contribution in [3.63, 3.8) is 0 Å². The predicted octanol–water partition coefficient (Wildman–Crippen LogP) is -1.09. The average Bonchev–Trinajstić information content (AvgIpc) is 3.11. The number of hydrogen-bond donors (Lipinski definition) is 0. The highest BCUT2D eigenvalue weighted by molar-refractivity contribution is 5.54. The quantitative estimate of drug-likeness (QED) is 0.653. The molecular weight excluding hydrogens is 276 g/mol. The Kier molecular flexibility index (Phi) is 3.11. The van der Waals surface area contributed by atoms with Crippen LogP contribution in [0.1, 0.15) is 12.0 Å². The summed E-state index contributed by atoms with van der Waals surface area (Å²) in [6.07, 6.45) is 0.640. The first-order valence-corrected chi connectivity index (χ1v) is 6.72. The molecule has 0 aromatic carbocycles. The van der Waals surface area contributed by atoms with E-state index in [2.05, 4.69) is 0 Å². The first kappa shape index (κ1) is 13.9. The minimum absolute atomic E-state index is 0.0327. The Hall–Kier alpha value is -2.11. The lowest BCUT2D eigenvalue weighted by Gasteiger charge is -2.25. The SMILES string of the molecule is Cn1c(N2CCC3(C2)OCCO3)c(C#N)c(=O)n(C)c1=O. The van der Waals surface area contributed by atoms with Crippen LogP contribution in [0.2, 0.25) is 0 Å². The zero-order valence-electron chi connectivity index (χ0n) is 12.0. The summed E-state index contributed by atoms with van der Waals surface area (Å²) in [5, 5.41) is 9.29. The van der Waals surface area contributed by atoms with Gasteiger partial charge in [-0.3, -0.25) is 13.9 Å². The van der Waals surface area contributed by atoms with E-state index in [1.807, 2.05) is 11.0 Å². The van der Waals surface area contributed by atoms with Crippen molar-refractivity contribution in [1.29, 1.82) is 5.26 Å². The van der Waals surface area contributed by atoms with Gasteiger partial charge in [-0.1, -0.05) is 0 Å². The second-order valence-corrected chi connectivity index (χ2v) is 5.30. The van der Waals surface area contributed by atoms with Crippen molar-refractivity contribution in [3.05, 3.63) is 26.4 Å². The Labute approximate surface area is 120 Å². The fourth-order valence-corrected chi connectivity index (χ4v) is 2.97. The van der Waals surface area contributed by atoms with Crippen LogP contribution < -0.4 is 16.1 Å². The van der Waals surface area contributed by atoms with Gasteiger partial charge in [0.2, 0.25) is 0 Å². The molecule has 2 saturated heterocycles. The van der Waals surface area contributed by atoms with E-state index >= 15 is 0 Å². The van der Waals surface area contributed by atoms with Crippen LogP contribution in [0.15, 0.2) is 9.59 Å². The number of nitrogens with zero attached hydrogens (tertiary/aromatic N) is 4. The minimum Gasteiger partial charge on any atom is -0.351 e. The van der Waals surface area contributed by atoms with Crippen molar-refractivity contribution in [2.24, 2.45) is 14.1 Å². The maximum atomic E-state index is 12.1. The van der Waals surface area contributed by atoms with Crippen LogP contribution >= 0.6 is 0 Å². The van der Waals surface area contributed by atoms with Crippen LogP contribution in [-0.4, -0.2) is 41.2 Å². The summed E-state index contributed by atoms with van der Waals surface area (Å²) >= 11 is 0. The molecular formula is C13H16N4O4. The van der Waals surface area contributed by atoms with Crippen LogP contribution in [0.25, 0.3) is 0 Å². The van der Waals surface area contributed by atoms with Crippen LogP contribution in [0.4, 0.5) is 5.82 Å². The standard InChI is InChI=1S/C13H16N4O4/c1-15-10(9(7-14)11(18)16(2)12(15)19)17-4-3-13(8-17)20-5-6-21-13/h3-6,8H2,1-2H3. The van der Waals surface area contributed by atoms with Gasteiger partial charge in [-0.05, 0) is 0 Å². The van der Waals surface area contributed by atoms with Crippen molar-refractivity contribution < 1.29 is 9.47 Å². The lowest BCUT2D eigenvalue weighted by Crippen LogP contribution is -2.43. The van der Waals surface area contributed by atoms with Gasteiger partial charge in [0.1, 0.15) is 11.9 Å². The molecule has 21 heavy (non-hydrogen) atoms. The molecule has 8 heteroatoms. The van der Waals surface area contributed by atoms with Crippen molar-refractivity contribution in [2.75, 3.05) is 31.2 Å². The molecule has 1 spiro atoms. The third kappa shape index (κ3) is 1.97. The molecule has 2 fully saturated rings. The summed E-state index contributed by atoms with van der Waals surface area (Å²) in [4.78, 5) is 26.0. The number of nitriles is 1. The van der Waals surface area contributed by atoms with Gasteiger partial charge in [0.15, 0.2) is 11.4 Å². The molecule has 112 valence electrons. The van der Waals surface area contributed by atoms with E-state index in [4.69, 9.17) is 9.47 Å². The summed E-state index contributed by atoms with van der Waals surface area (Å²) in [5.74, 6) is -0.342. The minimum atomic E-state index is -0.677. The van der Waals surface area contributed by atoms with Crippen LogP contribution in [-0.2, 0) is 23.6 Å². The topological polar surface area (TPSA) is 89.5 Å². The summed E-state index contributed by atoms with van der Waals surface area (Å²) in [5.41, 5.74) is -1.07. The number of ether oxygens (including phenoxy) is 2. The van der Waals surface area contributed by atoms with Gasteiger partial charge in [0.25, 0.3) is 5.56 Å². The van der Waals surface area contributed by atoms with Gasteiger partial charge >= 0.3 is 5.69 Å². The molecule has 2 aliphatic heterocycles. The van der Waals surface area contributed by atoms with Crippen molar-refractivity contribution >= 4 is 5.82 Å². The highest BCUT2D eigenvalue weighted by Crippen LogP contribution is 2.33. The van der Waals surface area contributed by atoms with E-state index < -0.39 is 17.0 Å². The summed E-state index contributed by atoms with van der Waals surface area (Å²) in [7, 11) is 2.92. The summed E-state index contributed by atoms with van der Waals surface area (Å²) in [6.45, 7) is 2.04. The molecule has 1 aromatic heterocycles. The Morgan fingerprint density at radius 1 is 1.19 bits per heavy atom. The molecule has 0 atom stereocenters. The molecule has 0 radical (unpaired) electrons. The van der Waals surface area contributed by atoms with Gasteiger partial charge < -0.3 is 14.4 Å². The largest absolute Gasteiger partial charge is 0.351 e. The summed E-state index contributed by atoms with van der Waals surface area (Å²) in [6, 6.07) is 1.91. The van der Waals surface area contributed by atoms with Crippen molar-refractivity contribution in [2.45, 2.75) is 12.2 Å². The third-order valence-corrected chi connectivity index (χ3v) is 4.05. The Morgan fingerprint density at radius 2 is 1.86 bits per heavy atom. The van der Waals surface area contributed by atoms with E-state index in [-0.39, 0.29) is 5.56 Å². The van der Waals surface area contributed by atoms with Gasteiger partial charge in [-0.2, -0.15) is 5.26 Å². The van der Waals surface area contributed by atoms with E-state index in [1.54, 1.807) is 7.05 Å². The smallest absolute Gasteiger partial charge is 0.332 e. The molecule has 3 heterocycles. The fourth-order valence-electron chi connectivity index (χ4n) is 2.97. The number of aromatic nitrogens is 2. The zero-order chi connectivity index (χ0) is 15.2. The molecule has 0 aliphatic carbocycles. The summed E-state index contributed by atoms with van der Waals surface area (Å²) < 4.78 is 13.5. The Balaban J connectivity index is 2.10. The maximum Gasteiger partial charge on any atom is 0.332 e. The highest BCUT2D eigenvalue weighted by Gasteiger charge is 2.44. The number of anilines is 1. The first-order valence-electron chi connectivity index (χ1n) is 6.72. The van der Waals surface area contributed by atoms with E-state index in [0.29, 0.717) is 38.5 Å². The number of rotatable bonds is 1. The molecule has 0 N–H and O–H groups in total. The Bertz CT molecular complexity index is 736. The molecule has 0 amide bonds. The number of hydrogen-bond acceptors (Lipinski definition) is 6. The van der Waals surface area contributed by atoms with Crippen LogP contribution in [0, 0.1) is 11.3 Å². The molecule has 0 bridgehead atoms. The Morgan fingerprint density at radius 3 is 2.48 bits per heavy atom. The molecule has 1 aromatic rings. The second-order valence-electron chi connectivity index (χ2n) is 5.30. The van der Waals surface area contributed by atoms with Crippen molar-refractivity contribution in [3.8, 4) is 6.07 Å².